The summed E-state index contributed by atoms with van der Waals surface area (Å²) in [6.45, 7) is 0.295. The van der Waals surface area contributed by atoms with E-state index in [2.05, 4.69) is 0 Å². The molecule has 2 aromatic rings. The molecule has 2 aromatic carbocycles. The predicted octanol–water partition coefficient (Wildman–Crippen LogP) is 2.43. The summed E-state index contributed by atoms with van der Waals surface area (Å²) in [7, 11) is 0. The first-order chi connectivity index (χ1) is 8.38. The molecular weight excluding hydrogens is 214 g/mol. The minimum atomic E-state index is -0.472. The Morgan fingerprint density at radius 2 is 1.18 bits per heavy atom. The van der Waals surface area contributed by atoms with Crippen LogP contribution >= 0.6 is 0 Å². The number of rotatable bonds is 5. The second kappa shape index (κ2) is 5.92. The van der Waals surface area contributed by atoms with E-state index in [0.717, 1.165) is 11.5 Å². The first kappa shape index (κ1) is 11.5. The Morgan fingerprint density at radius 3 is 1.53 bits per heavy atom. The third-order valence-corrected chi connectivity index (χ3v) is 2.21. The topological polar surface area (TPSA) is 44.5 Å². The van der Waals surface area contributed by atoms with Gasteiger partial charge in [0, 0.05) is 0 Å². The maximum Gasteiger partial charge on any atom is 0.253 e. The fourth-order valence-corrected chi connectivity index (χ4v) is 1.42. The summed E-state index contributed by atoms with van der Waals surface area (Å²) in [5.41, 5.74) is 5.62. The molecule has 0 amide bonds. The Balaban J connectivity index is 1.98. The summed E-state index contributed by atoms with van der Waals surface area (Å²) in [6.07, 6.45) is -0.472. The van der Waals surface area contributed by atoms with Gasteiger partial charge in [0.15, 0.2) is 0 Å². The summed E-state index contributed by atoms with van der Waals surface area (Å²) < 4.78 is 11.2. The SMILES string of the molecule is NCC(Oc1ccccc1)Oc1ccccc1. The number of hydrogen-bond donors (Lipinski definition) is 1. The van der Waals surface area contributed by atoms with Crippen LogP contribution in [0, 0.1) is 0 Å². The van der Waals surface area contributed by atoms with Crippen LogP contribution in [-0.2, 0) is 0 Å². The fraction of sp³-hybridized carbons (Fsp3) is 0.143. The third-order valence-electron chi connectivity index (χ3n) is 2.21. The average molecular weight is 229 g/mol. The van der Waals surface area contributed by atoms with Crippen molar-refractivity contribution in [2.45, 2.75) is 6.29 Å². The van der Waals surface area contributed by atoms with Crippen molar-refractivity contribution < 1.29 is 9.47 Å². The van der Waals surface area contributed by atoms with Gasteiger partial charge in [-0.1, -0.05) is 36.4 Å². The van der Waals surface area contributed by atoms with Gasteiger partial charge in [-0.3, -0.25) is 0 Å². The van der Waals surface area contributed by atoms with Crippen molar-refractivity contribution in [3.63, 3.8) is 0 Å². The highest BCUT2D eigenvalue weighted by Gasteiger charge is 2.09. The van der Waals surface area contributed by atoms with Gasteiger partial charge in [-0.15, -0.1) is 0 Å². The van der Waals surface area contributed by atoms with E-state index >= 15 is 0 Å². The lowest BCUT2D eigenvalue weighted by Crippen LogP contribution is -2.32. The average Bonchev–Trinajstić information content (AvgIpc) is 2.40. The van der Waals surface area contributed by atoms with E-state index < -0.39 is 6.29 Å². The highest BCUT2D eigenvalue weighted by atomic mass is 16.7. The van der Waals surface area contributed by atoms with E-state index in [1.807, 2.05) is 60.7 Å². The molecule has 3 nitrogen and oxygen atoms in total. The van der Waals surface area contributed by atoms with Gasteiger partial charge >= 0.3 is 0 Å². The predicted molar refractivity (Wildman–Crippen MR) is 67.0 cm³/mol. The molecule has 0 aliphatic carbocycles. The van der Waals surface area contributed by atoms with Crippen LogP contribution in [-0.4, -0.2) is 12.8 Å². The zero-order valence-corrected chi connectivity index (χ0v) is 9.45. The van der Waals surface area contributed by atoms with Crippen molar-refractivity contribution in [3.8, 4) is 11.5 Å². The molecule has 0 saturated heterocycles. The standard InChI is InChI=1S/C14H15NO2/c15-11-14(16-12-7-3-1-4-8-12)17-13-9-5-2-6-10-13/h1-10,14H,11,15H2. The smallest absolute Gasteiger partial charge is 0.253 e. The molecule has 0 radical (unpaired) electrons. The summed E-state index contributed by atoms with van der Waals surface area (Å²) in [5.74, 6) is 1.50. The lowest BCUT2D eigenvalue weighted by Gasteiger charge is -2.18. The van der Waals surface area contributed by atoms with Crippen molar-refractivity contribution >= 4 is 0 Å². The monoisotopic (exact) mass is 229 g/mol. The van der Waals surface area contributed by atoms with Gasteiger partial charge in [0.1, 0.15) is 11.5 Å². The van der Waals surface area contributed by atoms with Crippen LogP contribution in [0.4, 0.5) is 0 Å². The van der Waals surface area contributed by atoms with Crippen LogP contribution in [0.1, 0.15) is 0 Å². The summed E-state index contributed by atoms with van der Waals surface area (Å²) in [6, 6.07) is 19.0. The lowest BCUT2D eigenvalue weighted by molar-refractivity contribution is 0.0138. The van der Waals surface area contributed by atoms with Gasteiger partial charge in [-0.25, -0.2) is 0 Å². The molecule has 0 atom stereocenters. The molecule has 17 heavy (non-hydrogen) atoms. The Labute approximate surface area is 101 Å². The van der Waals surface area contributed by atoms with Gasteiger partial charge in [-0.2, -0.15) is 0 Å². The lowest BCUT2D eigenvalue weighted by atomic mass is 10.3. The van der Waals surface area contributed by atoms with Crippen molar-refractivity contribution in [1.29, 1.82) is 0 Å². The van der Waals surface area contributed by atoms with E-state index in [0.29, 0.717) is 6.54 Å². The number of nitrogens with two attached hydrogens (primary N) is 1. The molecule has 0 heterocycles. The number of para-hydroxylation sites is 2. The zero-order chi connectivity index (χ0) is 11.9. The normalized spacial score (nSPS) is 10.2. The molecule has 0 spiro atoms. The fourth-order valence-electron chi connectivity index (χ4n) is 1.42. The molecule has 0 fully saturated rings. The minimum Gasteiger partial charge on any atom is -0.454 e. The summed E-state index contributed by atoms with van der Waals surface area (Å²) in [5, 5.41) is 0. The molecule has 88 valence electrons. The molecule has 3 heteroatoms. The molecule has 0 saturated carbocycles. The highest BCUT2D eigenvalue weighted by Crippen LogP contribution is 2.15. The largest absolute Gasteiger partial charge is 0.454 e. The highest BCUT2D eigenvalue weighted by molar-refractivity contribution is 5.23. The Hall–Kier alpha value is -2.00. The van der Waals surface area contributed by atoms with E-state index in [9.17, 15) is 0 Å². The van der Waals surface area contributed by atoms with Crippen LogP contribution in [0.5, 0.6) is 11.5 Å². The van der Waals surface area contributed by atoms with Gasteiger partial charge < -0.3 is 15.2 Å². The first-order valence-electron chi connectivity index (χ1n) is 5.52. The van der Waals surface area contributed by atoms with Crippen molar-refractivity contribution in [3.05, 3.63) is 60.7 Å². The van der Waals surface area contributed by atoms with E-state index in [-0.39, 0.29) is 0 Å². The summed E-state index contributed by atoms with van der Waals surface area (Å²) >= 11 is 0. The first-order valence-corrected chi connectivity index (χ1v) is 5.52. The van der Waals surface area contributed by atoms with Crippen LogP contribution in [0.25, 0.3) is 0 Å². The van der Waals surface area contributed by atoms with Gasteiger partial charge in [0.25, 0.3) is 6.29 Å². The molecule has 0 aromatic heterocycles. The van der Waals surface area contributed by atoms with Crippen molar-refractivity contribution in [1.82, 2.24) is 0 Å². The Morgan fingerprint density at radius 1 is 0.765 bits per heavy atom. The maximum absolute atomic E-state index is 5.62. The minimum absolute atomic E-state index is 0.295. The Bertz CT molecular complexity index is 389. The van der Waals surface area contributed by atoms with Crippen LogP contribution in [0.2, 0.25) is 0 Å². The second-order valence-corrected chi connectivity index (χ2v) is 3.53. The van der Waals surface area contributed by atoms with E-state index in [1.54, 1.807) is 0 Å². The maximum atomic E-state index is 5.62. The van der Waals surface area contributed by atoms with Gasteiger partial charge in [0.2, 0.25) is 0 Å². The van der Waals surface area contributed by atoms with Crippen LogP contribution in [0.15, 0.2) is 60.7 Å². The van der Waals surface area contributed by atoms with Gasteiger partial charge in [-0.05, 0) is 24.3 Å². The zero-order valence-electron chi connectivity index (χ0n) is 9.45. The third kappa shape index (κ3) is 3.50. The van der Waals surface area contributed by atoms with E-state index in [4.69, 9.17) is 15.2 Å². The van der Waals surface area contributed by atoms with Gasteiger partial charge in [0.05, 0.1) is 6.54 Å². The molecule has 2 rings (SSSR count). The van der Waals surface area contributed by atoms with Crippen LogP contribution < -0.4 is 15.2 Å². The molecular formula is C14H15NO2. The molecule has 0 aliphatic rings. The Kier molecular flexibility index (Phi) is 4.00. The van der Waals surface area contributed by atoms with Crippen molar-refractivity contribution in [2.24, 2.45) is 5.73 Å². The number of benzene rings is 2. The molecule has 2 N–H and O–H groups in total. The number of hydrogen-bond acceptors (Lipinski definition) is 3. The molecule has 0 bridgehead atoms. The van der Waals surface area contributed by atoms with E-state index in [1.165, 1.54) is 0 Å². The summed E-state index contributed by atoms with van der Waals surface area (Å²) in [4.78, 5) is 0. The quantitative estimate of drug-likeness (QED) is 0.801. The van der Waals surface area contributed by atoms with Crippen molar-refractivity contribution in [2.75, 3.05) is 6.54 Å². The van der Waals surface area contributed by atoms with Crippen LogP contribution in [0.3, 0.4) is 0 Å². The molecule has 0 aliphatic heterocycles. The number of ether oxygens (including phenoxy) is 2. The molecule has 0 unspecified atom stereocenters. The second-order valence-electron chi connectivity index (χ2n) is 3.53.